The molecule has 15 heteroatoms. The molecule has 0 aliphatic carbocycles. The minimum Gasteiger partial charge on any atom is -0.508 e. The van der Waals surface area contributed by atoms with Crippen LogP contribution in [0.2, 0.25) is 0 Å². The van der Waals surface area contributed by atoms with Gasteiger partial charge in [0.05, 0.1) is 12.4 Å². The highest BCUT2D eigenvalue weighted by molar-refractivity contribution is 5.94. The first kappa shape index (κ1) is 32.6. The second-order valence-electron chi connectivity index (χ2n) is 9.90. The molecule has 0 saturated carbocycles. The van der Waals surface area contributed by atoms with E-state index in [-0.39, 0.29) is 37.5 Å². The van der Waals surface area contributed by atoms with Crippen molar-refractivity contribution in [1.29, 1.82) is 0 Å². The molecule has 4 unspecified atom stereocenters. The van der Waals surface area contributed by atoms with Gasteiger partial charge in [0.15, 0.2) is 5.96 Å². The molecule has 0 radical (unpaired) electrons. The number of H-pyrrole nitrogens is 1. The zero-order valence-corrected chi connectivity index (χ0v) is 23.0. The monoisotopic (exact) mass is 573 g/mol. The van der Waals surface area contributed by atoms with E-state index in [1.165, 1.54) is 24.7 Å². The summed E-state index contributed by atoms with van der Waals surface area (Å²) in [7, 11) is 0. The van der Waals surface area contributed by atoms with Crippen molar-refractivity contribution in [3.63, 3.8) is 0 Å². The van der Waals surface area contributed by atoms with E-state index in [0.29, 0.717) is 17.7 Å². The van der Waals surface area contributed by atoms with Gasteiger partial charge in [0.1, 0.15) is 23.9 Å². The standard InChI is InChI=1S/C26H39N9O6/c1-14(2)21(25(40)41)35-23(38)19(4-3-9-31-26(28)29)33-24(39)20(10-15-5-7-17(36)8-6-15)34-22(37)18(27)11-16-12-30-13-32-16/h5-8,12-14,18-21,36H,3-4,9-11,27H2,1-2H3,(H,30,32)(H,33,39)(H,34,37)(H,35,38)(H,40,41)(H4,28,29,31). The van der Waals surface area contributed by atoms with Crippen molar-refractivity contribution < 1.29 is 29.4 Å². The number of phenols is 1. The summed E-state index contributed by atoms with van der Waals surface area (Å²) in [5.74, 6) is -3.78. The first-order valence-corrected chi connectivity index (χ1v) is 13.1. The second kappa shape index (κ2) is 15.8. The van der Waals surface area contributed by atoms with Crippen LogP contribution in [0.1, 0.15) is 37.9 Å². The first-order chi connectivity index (χ1) is 19.4. The molecule has 4 atom stereocenters. The van der Waals surface area contributed by atoms with Gasteiger partial charge in [-0.3, -0.25) is 19.4 Å². The van der Waals surface area contributed by atoms with Crippen molar-refractivity contribution in [2.45, 2.75) is 63.7 Å². The van der Waals surface area contributed by atoms with E-state index in [9.17, 15) is 29.4 Å². The average Bonchev–Trinajstić information content (AvgIpc) is 3.42. The highest BCUT2D eigenvalue weighted by Gasteiger charge is 2.31. The van der Waals surface area contributed by atoms with Crippen molar-refractivity contribution >= 4 is 29.7 Å². The molecule has 1 aromatic heterocycles. The van der Waals surface area contributed by atoms with Gasteiger partial charge in [0.2, 0.25) is 17.7 Å². The zero-order valence-electron chi connectivity index (χ0n) is 23.0. The molecule has 0 saturated heterocycles. The van der Waals surface area contributed by atoms with Crippen molar-refractivity contribution in [3.05, 3.63) is 48.0 Å². The van der Waals surface area contributed by atoms with Crippen molar-refractivity contribution in [3.8, 4) is 5.75 Å². The Morgan fingerprint density at radius 3 is 2.17 bits per heavy atom. The van der Waals surface area contributed by atoms with Gasteiger partial charge in [0.25, 0.3) is 0 Å². The van der Waals surface area contributed by atoms with E-state index in [2.05, 4.69) is 30.9 Å². The Bertz CT molecular complexity index is 1180. The van der Waals surface area contributed by atoms with Gasteiger partial charge in [-0.25, -0.2) is 9.78 Å². The van der Waals surface area contributed by atoms with Gasteiger partial charge in [0, 0.05) is 31.3 Å². The van der Waals surface area contributed by atoms with Crippen molar-refractivity contribution in [2.24, 2.45) is 28.1 Å². The Hall–Kier alpha value is -4.66. The smallest absolute Gasteiger partial charge is 0.326 e. The molecular formula is C26H39N9O6. The quantitative estimate of drug-likeness (QED) is 0.0635. The number of guanidine groups is 1. The lowest BCUT2D eigenvalue weighted by Crippen LogP contribution is -2.58. The fourth-order valence-electron chi connectivity index (χ4n) is 3.89. The predicted octanol–water partition coefficient (Wildman–Crippen LogP) is -1.52. The lowest BCUT2D eigenvalue weighted by Gasteiger charge is -2.26. The number of aliphatic carboxylic acids is 1. The molecule has 0 aliphatic rings. The third-order valence-corrected chi connectivity index (χ3v) is 6.15. The minimum atomic E-state index is -1.22. The highest BCUT2D eigenvalue weighted by Crippen LogP contribution is 2.13. The number of imidazole rings is 1. The predicted molar refractivity (Wildman–Crippen MR) is 150 cm³/mol. The molecule has 12 N–H and O–H groups in total. The number of aliphatic imine (C=N–C) groups is 1. The molecule has 0 bridgehead atoms. The van der Waals surface area contributed by atoms with E-state index in [1.54, 1.807) is 26.0 Å². The van der Waals surface area contributed by atoms with Gasteiger partial charge in [-0.1, -0.05) is 26.0 Å². The molecule has 3 amide bonds. The number of phenolic OH excluding ortho intramolecular Hbond substituents is 1. The Labute approximate surface area is 237 Å². The van der Waals surface area contributed by atoms with Crippen LogP contribution in [0.4, 0.5) is 0 Å². The third-order valence-electron chi connectivity index (χ3n) is 6.15. The molecule has 1 heterocycles. The summed E-state index contributed by atoms with van der Waals surface area (Å²) in [5, 5.41) is 26.9. The average molecular weight is 574 g/mol. The molecule has 41 heavy (non-hydrogen) atoms. The number of rotatable bonds is 16. The maximum Gasteiger partial charge on any atom is 0.326 e. The third kappa shape index (κ3) is 11.2. The van der Waals surface area contributed by atoms with Crippen LogP contribution in [0.5, 0.6) is 5.75 Å². The number of aromatic nitrogens is 2. The van der Waals surface area contributed by atoms with Crippen molar-refractivity contribution in [1.82, 2.24) is 25.9 Å². The fourth-order valence-corrected chi connectivity index (χ4v) is 3.89. The van der Waals surface area contributed by atoms with E-state index < -0.39 is 53.8 Å². The second-order valence-corrected chi connectivity index (χ2v) is 9.90. The Kier molecular flexibility index (Phi) is 12.6. The summed E-state index contributed by atoms with van der Waals surface area (Å²) >= 11 is 0. The van der Waals surface area contributed by atoms with E-state index in [1.807, 2.05) is 0 Å². The van der Waals surface area contributed by atoms with Crippen LogP contribution < -0.4 is 33.2 Å². The molecule has 0 spiro atoms. The minimum absolute atomic E-state index is 0.0146. The number of carboxylic acid groups (broad SMARTS) is 1. The highest BCUT2D eigenvalue weighted by atomic mass is 16.4. The number of carboxylic acids is 1. The van der Waals surface area contributed by atoms with Gasteiger partial charge < -0.3 is 48.3 Å². The normalized spacial score (nSPS) is 13.9. The molecule has 1 aromatic carbocycles. The van der Waals surface area contributed by atoms with Gasteiger partial charge in [-0.2, -0.15) is 0 Å². The number of aromatic hydroxyl groups is 1. The number of nitrogens with one attached hydrogen (secondary N) is 4. The number of carbonyl (C=O) groups is 4. The Morgan fingerprint density at radius 1 is 0.976 bits per heavy atom. The first-order valence-electron chi connectivity index (χ1n) is 13.1. The number of aromatic amines is 1. The fraction of sp³-hybridized carbons (Fsp3) is 0.462. The lowest BCUT2D eigenvalue weighted by atomic mass is 10.0. The van der Waals surface area contributed by atoms with Gasteiger partial charge in [-0.15, -0.1) is 0 Å². The largest absolute Gasteiger partial charge is 0.508 e. The summed E-state index contributed by atoms with van der Waals surface area (Å²) in [6, 6.07) is 1.54. The Morgan fingerprint density at radius 2 is 1.61 bits per heavy atom. The summed E-state index contributed by atoms with van der Waals surface area (Å²) in [6.07, 6.45) is 3.51. The maximum absolute atomic E-state index is 13.5. The number of amides is 3. The number of nitrogens with zero attached hydrogens (tertiary/aromatic N) is 2. The van der Waals surface area contributed by atoms with Gasteiger partial charge in [-0.05, 0) is 36.5 Å². The maximum atomic E-state index is 13.5. The molecule has 15 nitrogen and oxygen atoms in total. The molecule has 0 fully saturated rings. The van der Waals surface area contributed by atoms with Crippen LogP contribution in [-0.2, 0) is 32.0 Å². The number of hydrogen-bond acceptors (Lipinski definition) is 8. The molecule has 2 rings (SSSR count). The van der Waals surface area contributed by atoms with Crippen LogP contribution in [0.3, 0.4) is 0 Å². The number of benzene rings is 1. The van der Waals surface area contributed by atoms with E-state index >= 15 is 0 Å². The molecular weight excluding hydrogens is 534 g/mol. The summed E-state index contributed by atoms with van der Waals surface area (Å²) in [5.41, 5.74) is 18.0. The molecule has 2 aromatic rings. The topological polar surface area (TPSA) is 264 Å². The Balaban J connectivity index is 2.25. The zero-order chi connectivity index (χ0) is 30.5. The molecule has 0 aliphatic heterocycles. The SMILES string of the molecule is CC(C)C(NC(=O)C(CCCN=C(N)N)NC(=O)C(Cc1ccc(O)cc1)NC(=O)C(N)Cc1cnc[nH]1)C(=O)O. The number of hydrogen-bond donors (Lipinski definition) is 9. The van der Waals surface area contributed by atoms with Crippen molar-refractivity contribution in [2.75, 3.05) is 6.54 Å². The van der Waals surface area contributed by atoms with E-state index in [4.69, 9.17) is 17.2 Å². The molecule has 224 valence electrons. The summed E-state index contributed by atoms with van der Waals surface area (Å²) < 4.78 is 0. The van der Waals surface area contributed by atoms with Gasteiger partial charge >= 0.3 is 5.97 Å². The summed E-state index contributed by atoms with van der Waals surface area (Å²) in [4.78, 5) is 61.9. The van der Waals surface area contributed by atoms with Crippen LogP contribution in [0.25, 0.3) is 0 Å². The van der Waals surface area contributed by atoms with Crippen LogP contribution in [0.15, 0.2) is 41.8 Å². The number of carbonyl (C=O) groups excluding carboxylic acids is 3. The van der Waals surface area contributed by atoms with E-state index in [0.717, 1.165) is 0 Å². The number of nitrogens with two attached hydrogens (primary N) is 3. The van der Waals surface area contributed by atoms with Crippen LogP contribution in [-0.4, -0.2) is 80.5 Å². The summed E-state index contributed by atoms with van der Waals surface area (Å²) in [6.45, 7) is 3.45. The van der Waals surface area contributed by atoms with Crippen LogP contribution in [0, 0.1) is 5.92 Å². The van der Waals surface area contributed by atoms with Crippen LogP contribution >= 0.6 is 0 Å². The lowest BCUT2D eigenvalue weighted by molar-refractivity contribution is -0.143.